The van der Waals surface area contributed by atoms with Crippen LogP contribution in [0.4, 0.5) is 4.39 Å². The molecule has 6 heteroatoms. The van der Waals surface area contributed by atoms with Gasteiger partial charge in [-0.15, -0.1) is 12.4 Å². The van der Waals surface area contributed by atoms with Crippen molar-refractivity contribution in [1.82, 2.24) is 15.5 Å². The summed E-state index contributed by atoms with van der Waals surface area (Å²) in [6.45, 7) is 2.85. The highest BCUT2D eigenvalue weighted by Crippen LogP contribution is 2.20. The first kappa shape index (κ1) is 17.2. The summed E-state index contributed by atoms with van der Waals surface area (Å²) >= 11 is 0. The molecule has 2 atom stereocenters. The number of likely N-dealkylation sites (tertiary alicyclic amines) is 1. The quantitative estimate of drug-likeness (QED) is 0.884. The maximum Gasteiger partial charge on any atom is 0.234 e. The minimum atomic E-state index is -0.253. The third kappa shape index (κ3) is 4.66. The molecule has 1 aromatic rings. The lowest BCUT2D eigenvalue weighted by molar-refractivity contribution is -0.122. The van der Waals surface area contributed by atoms with Crippen LogP contribution in [0.15, 0.2) is 24.3 Å². The number of halogens is 2. The highest BCUT2D eigenvalue weighted by atomic mass is 35.5. The standard InChI is InChI=1S/C16H22FN3O.ClH/c17-13-3-1-12(2-4-13)9-18-16(21)11-20-8-7-14-5-6-15(10-20)19-14;/h1-4,14-15,19H,5-11H2,(H,18,21);1H. The molecular weight excluding hydrogens is 305 g/mol. The molecule has 2 aliphatic rings. The number of amides is 1. The fourth-order valence-corrected chi connectivity index (χ4v) is 3.22. The van der Waals surface area contributed by atoms with Gasteiger partial charge < -0.3 is 10.6 Å². The summed E-state index contributed by atoms with van der Waals surface area (Å²) in [6, 6.07) is 7.41. The molecule has 2 saturated heterocycles. The highest BCUT2D eigenvalue weighted by molar-refractivity contribution is 5.85. The van der Waals surface area contributed by atoms with Crippen molar-refractivity contribution in [2.24, 2.45) is 0 Å². The van der Waals surface area contributed by atoms with Gasteiger partial charge in [-0.25, -0.2) is 4.39 Å². The van der Waals surface area contributed by atoms with Crippen LogP contribution in [-0.2, 0) is 11.3 Å². The third-order valence-corrected chi connectivity index (χ3v) is 4.38. The molecule has 0 spiro atoms. The number of fused-ring (bicyclic) bond motifs is 2. The Morgan fingerprint density at radius 1 is 1.23 bits per heavy atom. The van der Waals surface area contributed by atoms with Crippen LogP contribution < -0.4 is 10.6 Å². The van der Waals surface area contributed by atoms with Crippen molar-refractivity contribution in [3.8, 4) is 0 Å². The molecule has 0 aromatic heterocycles. The van der Waals surface area contributed by atoms with E-state index in [0.717, 1.165) is 25.1 Å². The normalized spacial score (nSPS) is 24.4. The number of hydrogen-bond donors (Lipinski definition) is 2. The largest absolute Gasteiger partial charge is 0.351 e. The zero-order valence-electron chi connectivity index (χ0n) is 12.6. The number of benzene rings is 1. The number of nitrogens with one attached hydrogen (secondary N) is 2. The molecule has 22 heavy (non-hydrogen) atoms. The fraction of sp³-hybridized carbons (Fsp3) is 0.562. The van der Waals surface area contributed by atoms with E-state index in [4.69, 9.17) is 0 Å². The van der Waals surface area contributed by atoms with Gasteiger partial charge in [0.15, 0.2) is 0 Å². The van der Waals surface area contributed by atoms with E-state index in [2.05, 4.69) is 15.5 Å². The molecule has 1 aromatic carbocycles. The summed E-state index contributed by atoms with van der Waals surface area (Å²) in [6.07, 6.45) is 3.62. The minimum Gasteiger partial charge on any atom is -0.351 e. The average Bonchev–Trinajstić information content (AvgIpc) is 2.81. The van der Waals surface area contributed by atoms with Gasteiger partial charge in [-0.1, -0.05) is 12.1 Å². The molecule has 2 N–H and O–H groups in total. The smallest absolute Gasteiger partial charge is 0.234 e. The van der Waals surface area contributed by atoms with Crippen LogP contribution in [0.3, 0.4) is 0 Å². The molecule has 1 amide bonds. The molecule has 122 valence electrons. The third-order valence-electron chi connectivity index (χ3n) is 4.38. The maximum atomic E-state index is 12.8. The van der Waals surface area contributed by atoms with Gasteiger partial charge in [0.2, 0.25) is 5.91 Å². The number of carbonyl (C=O) groups excluding carboxylic acids is 1. The summed E-state index contributed by atoms with van der Waals surface area (Å²) in [5, 5.41) is 6.52. The molecule has 0 radical (unpaired) electrons. The van der Waals surface area contributed by atoms with Crippen molar-refractivity contribution in [3.05, 3.63) is 35.6 Å². The van der Waals surface area contributed by atoms with E-state index in [1.807, 2.05) is 0 Å². The molecular formula is C16H23ClFN3O. The van der Waals surface area contributed by atoms with E-state index in [-0.39, 0.29) is 24.1 Å². The van der Waals surface area contributed by atoms with Gasteiger partial charge in [0.1, 0.15) is 5.82 Å². The fourth-order valence-electron chi connectivity index (χ4n) is 3.22. The van der Waals surface area contributed by atoms with Gasteiger partial charge in [0, 0.05) is 31.7 Å². The van der Waals surface area contributed by atoms with Crippen molar-refractivity contribution in [3.63, 3.8) is 0 Å². The topological polar surface area (TPSA) is 44.4 Å². The Morgan fingerprint density at radius 3 is 2.73 bits per heavy atom. The lowest BCUT2D eigenvalue weighted by Gasteiger charge is -2.23. The van der Waals surface area contributed by atoms with Crippen LogP contribution in [0, 0.1) is 5.82 Å². The molecule has 3 rings (SSSR count). The second-order valence-electron chi connectivity index (χ2n) is 6.06. The Labute approximate surface area is 136 Å². The van der Waals surface area contributed by atoms with Crippen molar-refractivity contribution in [2.45, 2.75) is 37.9 Å². The number of rotatable bonds is 4. The molecule has 2 unspecified atom stereocenters. The first-order valence-corrected chi connectivity index (χ1v) is 7.68. The Hall–Kier alpha value is -1.17. The summed E-state index contributed by atoms with van der Waals surface area (Å²) in [5.74, 6) is -0.214. The first-order valence-electron chi connectivity index (χ1n) is 7.68. The second-order valence-corrected chi connectivity index (χ2v) is 6.06. The predicted molar refractivity (Wildman–Crippen MR) is 86.5 cm³/mol. The minimum absolute atomic E-state index is 0. The highest BCUT2D eigenvalue weighted by Gasteiger charge is 2.29. The lowest BCUT2D eigenvalue weighted by Crippen LogP contribution is -2.41. The molecule has 4 nitrogen and oxygen atoms in total. The maximum absolute atomic E-state index is 12.8. The monoisotopic (exact) mass is 327 g/mol. The van der Waals surface area contributed by atoms with E-state index in [9.17, 15) is 9.18 Å². The van der Waals surface area contributed by atoms with E-state index >= 15 is 0 Å². The Morgan fingerprint density at radius 2 is 1.95 bits per heavy atom. The van der Waals surface area contributed by atoms with Crippen LogP contribution >= 0.6 is 12.4 Å². The SMILES string of the molecule is Cl.O=C(CN1CCC2CCC(C1)N2)NCc1ccc(F)cc1. The van der Waals surface area contributed by atoms with E-state index in [0.29, 0.717) is 25.2 Å². The van der Waals surface area contributed by atoms with Gasteiger partial charge in [-0.3, -0.25) is 9.69 Å². The Balaban J connectivity index is 0.00000176. The van der Waals surface area contributed by atoms with Gasteiger partial charge in [0.05, 0.1) is 6.54 Å². The lowest BCUT2D eigenvalue weighted by atomic mass is 10.1. The summed E-state index contributed by atoms with van der Waals surface area (Å²) in [4.78, 5) is 14.3. The molecule has 0 aliphatic carbocycles. The van der Waals surface area contributed by atoms with E-state index in [1.54, 1.807) is 12.1 Å². The molecule has 2 heterocycles. The van der Waals surface area contributed by atoms with Gasteiger partial charge in [-0.2, -0.15) is 0 Å². The molecule has 2 bridgehead atoms. The summed E-state index contributed by atoms with van der Waals surface area (Å²) in [5.41, 5.74) is 0.918. The first-order chi connectivity index (χ1) is 10.2. The summed E-state index contributed by atoms with van der Waals surface area (Å²) in [7, 11) is 0. The van der Waals surface area contributed by atoms with Crippen LogP contribution in [0.25, 0.3) is 0 Å². The van der Waals surface area contributed by atoms with E-state index in [1.165, 1.54) is 25.0 Å². The summed E-state index contributed by atoms with van der Waals surface area (Å²) < 4.78 is 12.8. The number of hydrogen-bond acceptors (Lipinski definition) is 3. The van der Waals surface area contributed by atoms with E-state index < -0.39 is 0 Å². The van der Waals surface area contributed by atoms with Crippen molar-refractivity contribution in [1.29, 1.82) is 0 Å². The number of nitrogens with zero attached hydrogens (tertiary/aromatic N) is 1. The molecule has 2 aliphatic heterocycles. The van der Waals surface area contributed by atoms with Gasteiger partial charge >= 0.3 is 0 Å². The van der Waals surface area contributed by atoms with Gasteiger partial charge in [-0.05, 0) is 37.0 Å². The second kappa shape index (κ2) is 7.90. The van der Waals surface area contributed by atoms with Crippen LogP contribution in [0.5, 0.6) is 0 Å². The average molecular weight is 328 g/mol. The number of carbonyl (C=O) groups is 1. The van der Waals surface area contributed by atoms with Crippen LogP contribution in [-0.4, -0.2) is 42.5 Å². The Kier molecular flexibility index (Phi) is 6.17. The molecule has 0 saturated carbocycles. The van der Waals surface area contributed by atoms with Crippen molar-refractivity contribution < 1.29 is 9.18 Å². The predicted octanol–water partition coefficient (Wildman–Crippen LogP) is 1.69. The van der Waals surface area contributed by atoms with Gasteiger partial charge in [0.25, 0.3) is 0 Å². The van der Waals surface area contributed by atoms with Crippen LogP contribution in [0.1, 0.15) is 24.8 Å². The van der Waals surface area contributed by atoms with Crippen LogP contribution in [0.2, 0.25) is 0 Å². The van der Waals surface area contributed by atoms with Crippen molar-refractivity contribution >= 4 is 18.3 Å². The zero-order chi connectivity index (χ0) is 14.7. The van der Waals surface area contributed by atoms with Crippen molar-refractivity contribution in [2.75, 3.05) is 19.6 Å². The zero-order valence-corrected chi connectivity index (χ0v) is 13.4. The molecule has 2 fully saturated rings. The Bertz CT molecular complexity index is 497.